The number of aliphatic carboxylic acids is 1. The summed E-state index contributed by atoms with van der Waals surface area (Å²) in [6.07, 6.45) is 0.881. The third-order valence-corrected chi connectivity index (χ3v) is 3.67. The minimum absolute atomic E-state index is 0.125. The fraction of sp³-hybridized carbons (Fsp3) is 0.214. The highest BCUT2D eigenvalue weighted by molar-refractivity contribution is 6.68. The predicted molar refractivity (Wildman–Crippen MR) is 91.0 cm³/mol. The van der Waals surface area contributed by atoms with Gasteiger partial charge in [-0.15, -0.1) is 0 Å². The van der Waals surface area contributed by atoms with Crippen molar-refractivity contribution in [1.82, 2.24) is 5.32 Å². The smallest absolute Gasteiger partial charge is 0.328 e. The van der Waals surface area contributed by atoms with Crippen LogP contribution in [-0.4, -0.2) is 37.5 Å². The van der Waals surface area contributed by atoms with Crippen molar-refractivity contribution in [2.45, 2.75) is 16.3 Å². The Morgan fingerprint density at radius 2 is 1.76 bits per heavy atom. The van der Waals surface area contributed by atoms with Crippen LogP contribution in [0.4, 0.5) is 5.69 Å². The largest absolute Gasteiger partial charge is 0.478 e. The number of nitrogens with zero attached hydrogens (tertiary/aromatic N) is 1. The van der Waals surface area contributed by atoms with Crippen LogP contribution in [0.25, 0.3) is 0 Å². The molecule has 0 saturated carbocycles. The predicted octanol–water partition coefficient (Wildman–Crippen LogP) is 2.66. The Balaban J connectivity index is 2.87. The topological polar surface area (TPSA) is 127 Å². The Morgan fingerprint density at radius 1 is 1.20 bits per heavy atom. The van der Waals surface area contributed by atoms with Gasteiger partial charge in [-0.3, -0.25) is 19.7 Å². The van der Waals surface area contributed by atoms with Gasteiger partial charge in [0.25, 0.3) is 5.69 Å². The maximum atomic E-state index is 12.2. The number of carboxylic acids is 1. The second kappa shape index (κ2) is 8.80. The molecule has 0 heterocycles. The molecule has 1 rings (SSSR count). The molecule has 2 N–H and O–H groups in total. The zero-order valence-electron chi connectivity index (χ0n) is 12.3. The number of hydrogen-bond acceptors (Lipinski definition) is 5. The highest BCUT2D eigenvalue weighted by Crippen LogP contribution is 2.32. The number of Topliss-reactive ketones (excluding diaryl/α,β-unsaturated/α-hetero) is 1. The molecule has 0 radical (unpaired) electrons. The molecule has 1 aromatic rings. The number of nitrogens with one attached hydrogen (secondary N) is 1. The molecule has 1 amide bonds. The molecule has 0 aliphatic heterocycles. The average Bonchev–Trinajstić information content (AvgIpc) is 2.51. The van der Waals surface area contributed by atoms with E-state index in [1.165, 1.54) is 12.1 Å². The van der Waals surface area contributed by atoms with Crippen LogP contribution < -0.4 is 5.32 Å². The first-order valence-electron chi connectivity index (χ1n) is 6.56. The SMILES string of the molecule is O=C(O)/C=C/C(=O)NC(CC(=O)c1ccc([N+](=O)[O-])cc1)C(Cl)(Cl)Cl. The molecular weight excluding hydrogens is 399 g/mol. The first-order chi connectivity index (χ1) is 11.5. The molecule has 0 aliphatic rings. The van der Waals surface area contributed by atoms with Crippen molar-refractivity contribution in [1.29, 1.82) is 0 Å². The number of ketones is 1. The number of amides is 1. The van der Waals surface area contributed by atoms with Gasteiger partial charge in [-0.2, -0.15) is 0 Å². The minimum Gasteiger partial charge on any atom is -0.478 e. The van der Waals surface area contributed by atoms with Crippen molar-refractivity contribution < 1.29 is 24.4 Å². The Hall–Kier alpha value is -2.16. The zero-order valence-corrected chi connectivity index (χ0v) is 14.6. The highest BCUT2D eigenvalue weighted by atomic mass is 35.6. The summed E-state index contributed by atoms with van der Waals surface area (Å²) >= 11 is 17.2. The summed E-state index contributed by atoms with van der Waals surface area (Å²) in [6.45, 7) is 0. The third-order valence-electron chi connectivity index (χ3n) is 2.88. The molecule has 134 valence electrons. The number of rotatable bonds is 7. The standard InChI is InChI=1S/C14H11Cl3N2O6/c15-14(16,17)11(18-12(21)5-6-13(22)23)7-10(20)8-1-3-9(4-2-8)19(24)25/h1-6,11H,7H2,(H,18,21)(H,22,23)/b6-5+. The van der Waals surface area contributed by atoms with E-state index in [1.54, 1.807) is 0 Å². The van der Waals surface area contributed by atoms with Crippen molar-refractivity contribution >= 4 is 58.1 Å². The quantitative estimate of drug-likeness (QED) is 0.234. The van der Waals surface area contributed by atoms with Crippen LogP contribution in [0.1, 0.15) is 16.8 Å². The molecule has 0 saturated heterocycles. The van der Waals surface area contributed by atoms with Gasteiger partial charge in [0.15, 0.2) is 5.78 Å². The normalized spacial score (nSPS) is 12.6. The van der Waals surface area contributed by atoms with Gasteiger partial charge in [0.05, 0.1) is 11.0 Å². The molecule has 11 heteroatoms. The van der Waals surface area contributed by atoms with Crippen molar-refractivity contribution in [3.63, 3.8) is 0 Å². The molecule has 0 aromatic heterocycles. The summed E-state index contributed by atoms with van der Waals surface area (Å²) in [6, 6.07) is 3.52. The van der Waals surface area contributed by atoms with Gasteiger partial charge in [0, 0.05) is 36.3 Å². The van der Waals surface area contributed by atoms with E-state index < -0.39 is 38.8 Å². The number of benzene rings is 1. The van der Waals surface area contributed by atoms with Crippen LogP contribution in [0.5, 0.6) is 0 Å². The summed E-state index contributed by atoms with van der Waals surface area (Å²) in [7, 11) is 0. The number of nitro groups is 1. The van der Waals surface area contributed by atoms with Gasteiger partial charge >= 0.3 is 5.97 Å². The zero-order chi connectivity index (χ0) is 19.2. The van der Waals surface area contributed by atoms with Crippen LogP contribution in [0.2, 0.25) is 0 Å². The van der Waals surface area contributed by atoms with Crippen molar-refractivity contribution in [2.75, 3.05) is 0 Å². The van der Waals surface area contributed by atoms with Crippen LogP contribution in [0, 0.1) is 10.1 Å². The third kappa shape index (κ3) is 7.08. The van der Waals surface area contributed by atoms with E-state index in [0.29, 0.717) is 12.2 Å². The molecule has 0 bridgehead atoms. The summed E-state index contributed by atoms with van der Waals surface area (Å²) < 4.78 is -2.04. The Kier molecular flexibility index (Phi) is 7.35. The summed E-state index contributed by atoms with van der Waals surface area (Å²) in [4.78, 5) is 44.2. The second-order valence-corrected chi connectivity index (χ2v) is 7.07. The fourth-order valence-corrected chi connectivity index (χ4v) is 2.08. The van der Waals surface area contributed by atoms with E-state index in [1.807, 2.05) is 0 Å². The number of carbonyl (C=O) groups is 3. The van der Waals surface area contributed by atoms with Crippen LogP contribution in [0.3, 0.4) is 0 Å². The molecule has 0 fully saturated rings. The summed E-state index contributed by atoms with van der Waals surface area (Å²) in [5.41, 5.74) is -0.0678. The number of nitro benzene ring substituents is 1. The second-order valence-electron chi connectivity index (χ2n) is 4.71. The van der Waals surface area contributed by atoms with E-state index in [4.69, 9.17) is 39.9 Å². The minimum atomic E-state index is -2.04. The Bertz CT molecular complexity index is 712. The lowest BCUT2D eigenvalue weighted by atomic mass is 10.0. The first kappa shape index (κ1) is 20.9. The van der Waals surface area contributed by atoms with Crippen LogP contribution in [-0.2, 0) is 9.59 Å². The molecule has 1 unspecified atom stereocenters. The van der Waals surface area contributed by atoms with Gasteiger partial charge < -0.3 is 10.4 Å². The Morgan fingerprint density at radius 3 is 2.20 bits per heavy atom. The Labute approximate surface area is 156 Å². The van der Waals surface area contributed by atoms with E-state index in [-0.39, 0.29) is 11.3 Å². The first-order valence-corrected chi connectivity index (χ1v) is 7.70. The lowest BCUT2D eigenvalue weighted by molar-refractivity contribution is -0.384. The van der Waals surface area contributed by atoms with Gasteiger partial charge in [0.1, 0.15) is 0 Å². The molecular formula is C14H11Cl3N2O6. The molecule has 0 aliphatic carbocycles. The lowest BCUT2D eigenvalue weighted by Gasteiger charge is -2.24. The van der Waals surface area contributed by atoms with Gasteiger partial charge in [0.2, 0.25) is 9.70 Å². The lowest BCUT2D eigenvalue weighted by Crippen LogP contribution is -2.44. The number of carboxylic acid groups (broad SMARTS) is 1. The molecule has 25 heavy (non-hydrogen) atoms. The van der Waals surface area contributed by atoms with Crippen molar-refractivity contribution in [2.24, 2.45) is 0 Å². The number of hydrogen-bond donors (Lipinski definition) is 2. The molecule has 1 aromatic carbocycles. The number of non-ortho nitro benzene ring substituents is 1. The number of alkyl halides is 3. The number of halogens is 3. The van der Waals surface area contributed by atoms with Crippen LogP contribution >= 0.6 is 34.8 Å². The van der Waals surface area contributed by atoms with E-state index in [9.17, 15) is 24.5 Å². The molecule has 0 spiro atoms. The van der Waals surface area contributed by atoms with E-state index in [2.05, 4.69) is 5.32 Å². The van der Waals surface area contributed by atoms with Gasteiger partial charge in [-0.1, -0.05) is 34.8 Å². The van der Waals surface area contributed by atoms with Crippen molar-refractivity contribution in [3.8, 4) is 0 Å². The summed E-state index contributed by atoms with van der Waals surface area (Å²) in [5.74, 6) is -2.74. The molecule has 8 nitrogen and oxygen atoms in total. The fourth-order valence-electron chi connectivity index (χ4n) is 1.69. The van der Waals surface area contributed by atoms with E-state index in [0.717, 1.165) is 12.1 Å². The maximum absolute atomic E-state index is 12.2. The monoisotopic (exact) mass is 408 g/mol. The van der Waals surface area contributed by atoms with Crippen molar-refractivity contribution in [3.05, 3.63) is 52.1 Å². The molecule has 1 atom stereocenters. The van der Waals surface area contributed by atoms with Crippen LogP contribution in [0.15, 0.2) is 36.4 Å². The number of carbonyl (C=O) groups excluding carboxylic acids is 2. The van der Waals surface area contributed by atoms with Gasteiger partial charge in [-0.25, -0.2) is 4.79 Å². The average molecular weight is 410 g/mol. The summed E-state index contributed by atoms with van der Waals surface area (Å²) in [5, 5.41) is 21.3. The van der Waals surface area contributed by atoms with E-state index >= 15 is 0 Å². The maximum Gasteiger partial charge on any atom is 0.328 e. The highest BCUT2D eigenvalue weighted by Gasteiger charge is 2.35. The van der Waals surface area contributed by atoms with Gasteiger partial charge in [-0.05, 0) is 12.1 Å².